The van der Waals surface area contributed by atoms with Gasteiger partial charge in [-0.15, -0.1) is 0 Å². The normalized spacial score (nSPS) is 12.5. The summed E-state index contributed by atoms with van der Waals surface area (Å²) in [6.07, 6.45) is 0.549. The van der Waals surface area contributed by atoms with Crippen LogP contribution in [0.5, 0.6) is 0 Å². The number of rotatable bonds is 5. The highest BCUT2D eigenvalue weighted by Crippen LogP contribution is 2.21. The second-order valence-electron chi connectivity index (χ2n) is 5.44. The van der Waals surface area contributed by atoms with E-state index in [4.69, 9.17) is 5.73 Å². The number of nitrogens with two attached hydrogens (primary N) is 1. The Morgan fingerprint density at radius 3 is 2.28 bits per heavy atom. The van der Waals surface area contributed by atoms with Gasteiger partial charge in [0.1, 0.15) is 0 Å². The number of anilines is 1. The van der Waals surface area contributed by atoms with E-state index < -0.39 is 0 Å². The lowest BCUT2D eigenvalue weighted by Gasteiger charge is -2.21. The minimum absolute atomic E-state index is 0.202. The van der Waals surface area contributed by atoms with Crippen molar-refractivity contribution in [1.82, 2.24) is 4.90 Å². The van der Waals surface area contributed by atoms with Crippen molar-refractivity contribution in [2.24, 2.45) is 5.92 Å². The second kappa shape index (κ2) is 6.43. The summed E-state index contributed by atoms with van der Waals surface area (Å²) in [6.45, 7) is 7.13. The molecule has 18 heavy (non-hydrogen) atoms. The van der Waals surface area contributed by atoms with Crippen molar-refractivity contribution in [2.75, 3.05) is 19.3 Å². The highest BCUT2D eigenvalue weighted by molar-refractivity contribution is 5.76. The largest absolute Gasteiger partial charge is 0.399 e. The Morgan fingerprint density at radius 2 is 1.78 bits per heavy atom. The molecule has 0 fully saturated rings. The van der Waals surface area contributed by atoms with Crippen LogP contribution in [0.25, 0.3) is 0 Å². The van der Waals surface area contributed by atoms with Gasteiger partial charge in [0.15, 0.2) is 0 Å². The molecule has 0 radical (unpaired) electrons. The highest BCUT2D eigenvalue weighted by atomic mass is 16.2. The zero-order chi connectivity index (χ0) is 13.7. The summed E-state index contributed by atoms with van der Waals surface area (Å²) >= 11 is 0. The van der Waals surface area contributed by atoms with Crippen LogP contribution in [0.4, 0.5) is 5.69 Å². The molecule has 1 aromatic rings. The molecule has 0 aliphatic heterocycles. The van der Waals surface area contributed by atoms with Crippen molar-refractivity contribution in [2.45, 2.75) is 33.1 Å². The molecule has 100 valence electrons. The zero-order valence-corrected chi connectivity index (χ0v) is 11.8. The Labute approximate surface area is 110 Å². The Balaban J connectivity index is 2.56. The quantitative estimate of drug-likeness (QED) is 0.814. The fraction of sp³-hybridized carbons (Fsp3) is 0.533. The Morgan fingerprint density at radius 1 is 1.22 bits per heavy atom. The molecule has 0 spiro atoms. The maximum atomic E-state index is 12.0. The molecule has 1 aromatic carbocycles. The summed E-state index contributed by atoms with van der Waals surface area (Å²) in [5.74, 6) is 0.937. The van der Waals surface area contributed by atoms with Crippen LogP contribution in [0.1, 0.15) is 38.7 Å². The van der Waals surface area contributed by atoms with Crippen molar-refractivity contribution in [3.05, 3.63) is 29.8 Å². The van der Waals surface area contributed by atoms with Gasteiger partial charge in [-0.25, -0.2) is 0 Å². The van der Waals surface area contributed by atoms with Gasteiger partial charge >= 0.3 is 0 Å². The van der Waals surface area contributed by atoms with Crippen LogP contribution >= 0.6 is 0 Å². The molecule has 0 aliphatic rings. The lowest BCUT2D eigenvalue weighted by molar-refractivity contribution is -0.130. The van der Waals surface area contributed by atoms with Crippen LogP contribution in [0.15, 0.2) is 24.3 Å². The first kappa shape index (κ1) is 14.6. The van der Waals surface area contributed by atoms with Crippen LogP contribution in [0, 0.1) is 5.92 Å². The van der Waals surface area contributed by atoms with Crippen molar-refractivity contribution in [3.8, 4) is 0 Å². The number of nitrogens with zero attached hydrogens (tertiary/aromatic N) is 1. The summed E-state index contributed by atoms with van der Waals surface area (Å²) in [5.41, 5.74) is 7.58. The minimum atomic E-state index is 0.202. The van der Waals surface area contributed by atoms with Crippen molar-refractivity contribution >= 4 is 11.6 Å². The standard InChI is InChI=1S/C15H24N2O/c1-11(2)10-17(4)15(18)9-12(3)13-5-7-14(16)8-6-13/h5-8,11-12H,9-10,16H2,1-4H3. The van der Waals surface area contributed by atoms with Crippen molar-refractivity contribution in [3.63, 3.8) is 0 Å². The maximum Gasteiger partial charge on any atom is 0.222 e. The third-order valence-corrected chi connectivity index (χ3v) is 3.05. The van der Waals surface area contributed by atoms with Gasteiger partial charge in [-0.05, 0) is 29.5 Å². The molecule has 0 saturated carbocycles. The van der Waals surface area contributed by atoms with Crippen LogP contribution in [0.3, 0.4) is 0 Å². The first-order chi connectivity index (χ1) is 8.40. The summed E-state index contributed by atoms with van der Waals surface area (Å²) in [5, 5.41) is 0. The molecule has 0 aliphatic carbocycles. The zero-order valence-electron chi connectivity index (χ0n) is 11.8. The van der Waals surface area contributed by atoms with Gasteiger partial charge < -0.3 is 10.6 Å². The topological polar surface area (TPSA) is 46.3 Å². The Bertz CT molecular complexity index is 384. The van der Waals surface area contributed by atoms with Crippen LogP contribution in [-0.2, 0) is 4.79 Å². The lowest BCUT2D eigenvalue weighted by atomic mass is 9.97. The fourth-order valence-electron chi connectivity index (χ4n) is 2.01. The van der Waals surface area contributed by atoms with Crippen molar-refractivity contribution < 1.29 is 4.79 Å². The molecule has 1 unspecified atom stereocenters. The molecule has 3 heteroatoms. The van der Waals surface area contributed by atoms with Gasteiger partial charge in [-0.1, -0.05) is 32.9 Å². The van der Waals surface area contributed by atoms with Gasteiger partial charge in [-0.3, -0.25) is 4.79 Å². The third-order valence-electron chi connectivity index (χ3n) is 3.05. The van der Waals surface area contributed by atoms with Gasteiger partial charge in [0, 0.05) is 25.7 Å². The summed E-state index contributed by atoms with van der Waals surface area (Å²) in [4.78, 5) is 13.8. The fourth-order valence-corrected chi connectivity index (χ4v) is 2.01. The number of carbonyl (C=O) groups excluding carboxylic acids is 1. The third kappa shape index (κ3) is 4.40. The van der Waals surface area contributed by atoms with E-state index in [0.717, 1.165) is 17.8 Å². The Hall–Kier alpha value is -1.51. The molecule has 1 amide bonds. The van der Waals surface area contributed by atoms with Crippen molar-refractivity contribution in [1.29, 1.82) is 0 Å². The number of hydrogen-bond acceptors (Lipinski definition) is 2. The maximum absolute atomic E-state index is 12.0. The summed E-state index contributed by atoms with van der Waals surface area (Å²) < 4.78 is 0. The van der Waals surface area contributed by atoms with Crippen LogP contribution in [-0.4, -0.2) is 24.4 Å². The highest BCUT2D eigenvalue weighted by Gasteiger charge is 2.15. The molecule has 0 heterocycles. The predicted molar refractivity (Wildman–Crippen MR) is 76.4 cm³/mol. The van der Waals surface area contributed by atoms with Crippen LogP contribution in [0.2, 0.25) is 0 Å². The second-order valence-corrected chi connectivity index (χ2v) is 5.44. The number of nitrogen functional groups attached to an aromatic ring is 1. The van der Waals surface area contributed by atoms with Gasteiger partial charge in [0.2, 0.25) is 5.91 Å². The van der Waals surface area contributed by atoms with E-state index in [0.29, 0.717) is 12.3 Å². The molecule has 2 N–H and O–H groups in total. The average Bonchev–Trinajstić information content (AvgIpc) is 2.28. The average molecular weight is 248 g/mol. The van der Waals surface area contributed by atoms with E-state index in [9.17, 15) is 4.79 Å². The number of benzene rings is 1. The first-order valence-corrected chi connectivity index (χ1v) is 6.49. The molecular formula is C15H24N2O. The van der Waals surface area contributed by atoms with E-state index in [-0.39, 0.29) is 11.8 Å². The minimum Gasteiger partial charge on any atom is -0.399 e. The van der Waals surface area contributed by atoms with E-state index in [1.165, 1.54) is 0 Å². The number of carbonyl (C=O) groups is 1. The summed E-state index contributed by atoms with van der Waals surface area (Å²) in [7, 11) is 1.87. The lowest BCUT2D eigenvalue weighted by Crippen LogP contribution is -2.30. The SMILES string of the molecule is CC(C)CN(C)C(=O)CC(C)c1ccc(N)cc1. The number of hydrogen-bond donors (Lipinski definition) is 1. The van der Waals surface area contributed by atoms with Gasteiger partial charge in [0.25, 0.3) is 0 Å². The Kier molecular flexibility index (Phi) is 5.20. The smallest absolute Gasteiger partial charge is 0.222 e. The molecule has 1 rings (SSSR count). The van der Waals surface area contributed by atoms with Gasteiger partial charge in [0.05, 0.1) is 0 Å². The number of amides is 1. The molecule has 1 atom stereocenters. The summed E-state index contributed by atoms with van der Waals surface area (Å²) in [6, 6.07) is 7.76. The molecule has 0 saturated heterocycles. The molecule has 3 nitrogen and oxygen atoms in total. The van der Waals surface area contributed by atoms with E-state index in [1.54, 1.807) is 0 Å². The van der Waals surface area contributed by atoms with Gasteiger partial charge in [-0.2, -0.15) is 0 Å². The predicted octanol–water partition coefficient (Wildman–Crippen LogP) is 2.88. The monoisotopic (exact) mass is 248 g/mol. The first-order valence-electron chi connectivity index (χ1n) is 6.49. The van der Waals surface area contributed by atoms with E-state index in [2.05, 4.69) is 20.8 Å². The van der Waals surface area contributed by atoms with E-state index in [1.807, 2.05) is 36.2 Å². The molecule has 0 bridgehead atoms. The van der Waals surface area contributed by atoms with Crippen LogP contribution < -0.4 is 5.73 Å². The van der Waals surface area contributed by atoms with E-state index >= 15 is 0 Å². The molecular weight excluding hydrogens is 224 g/mol. The molecule has 0 aromatic heterocycles.